The zero-order valence-corrected chi connectivity index (χ0v) is 28.6. The molecule has 1 aliphatic carbocycles. The number of sulfonamides is 1. The smallest absolute Gasteiger partial charge is 0.264 e. The van der Waals surface area contributed by atoms with Crippen LogP contribution in [0.2, 0.25) is 0 Å². The summed E-state index contributed by atoms with van der Waals surface area (Å²) in [6.45, 7) is 5.15. The molecule has 2 amide bonds. The average molecular weight is 670 g/mol. The lowest BCUT2D eigenvalue weighted by Gasteiger charge is -2.34. The standard InChI is InChI=1S/C39H44FN3O4S/c1-28(2)31-19-21-34(22-20-31)43(48(46,47)35-23-17-29(3)18-24-35)27-38(44)42(26-32-13-7-10-16-36(32)40)37(25-30-11-5-4-6-12-30)39(45)41-33-14-8-9-15-33/h4-7,10-13,16-24,28,33,37H,8-9,14-15,25-27H2,1-3H3,(H,41,45)/t37-/m0/s1. The maximum atomic E-state index is 15.2. The van der Waals surface area contributed by atoms with Crippen molar-refractivity contribution < 1.29 is 22.4 Å². The fraction of sp³-hybridized carbons (Fsp3) is 0.333. The van der Waals surface area contributed by atoms with Gasteiger partial charge in [-0.15, -0.1) is 0 Å². The first kappa shape index (κ1) is 34.8. The van der Waals surface area contributed by atoms with E-state index < -0.39 is 34.3 Å². The zero-order chi connectivity index (χ0) is 34.3. The van der Waals surface area contributed by atoms with E-state index in [2.05, 4.69) is 5.32 Å². The molecule has 1 saturated carbocycles. The summed E-state index contributed by atoms with van der Waals surface area (Å²) in [5, 5.41) is 3.14. The number of hydrogen-bond donors (Lipinski definition) is 1. The van der Waals surface area contributed by atoms with Gasteiger partial charge in [0.1, 0.15) is 18.4 Å². The van der Waals surface area contributed by atoms with Crippen LogP contribution in [0.4, 0.5) is 10.1 Å². The number of hydrogen-bond acceptors (Lipinski definition) is 4. The zero-order valence-electron chi connectivity index (χ0n) is 27.8. The third-order valence-electron chi connectivity index (χ3n) is 9.01. The Morgan fingerprint density at radius 3 is 2.10 bits per heavy atom. The number of carbonyl (C=O) groups excluding carboxylic acids is 2. The van der Waals surface area contributed by atoms with Crippen LogP contribution in [-0.2, 0) is 32.6 Å². The minimum atomic E-state index is -4.23. The molecule has 0 aromatic heterocycles. The molecular weight excluding hydrogens is 626 g/mol. The number of rotatable bonds is 13. The number of carbonyl (C=O) groups is 2. The summed E-state index contributed by atoms with van der Waals surface area (Å²) < 4.78 is 44.8. The third kappa shape index (κ3) is 8.50. The average Bonchev–Trinajstić information content (AvgIpc) is 3.59. The van der Waals surface area contributed by atoms with Gasteiger partial charge in [-0.1, -0.05) is 105 Å². The van der Waals surface area contributed by atoms with E-state index in [4.69, 9.17) is 0 Å². The summed E-state index contributed by atoms with van der Waals surface area (Å²) in [6.07, 6.45) is 3.88. The first-order valence-electron chi connectivity index (χ1n) is 16.6. The van der Waals surface area contributed by atoms with Crippen LogP contribution in [0.15, 0.2) is 108 Å². The van der Waals surface area contributed by atoms with E-state index in [9.17, 15) is 18.0 Å². The van der Waals surface area contributed by atoms with Gasteiger partial charge >= 0.3 is 0 Å². The lowest BCUT2D eigenvalue weighted by Crippen LogP contribution is -2.54. The van der Waals surface area contributed by atoms with Crippen molar-refractivity contribution in [1.29, 1.82) is 0 Å². The molecule has 0 spiro atoms. The van der Waals surface area contributed by atoms with Gasteiger partial charge in [-0.2, -0.15) is 0 Å². The van der Waals surface area contributed by atoms with Crippen molar-refractivity contribution in [2.24, 2.45) is 0 Å². The highest BCUT2D eigenvalue weighted by atomic mass is 32.2. The van der Waals surface area contributed by atoms with Crippen molar-refractivity contribution in [3.63, 3.8) is 0 Å². The Morgan fingerprint density at radius 2 is 1.48 bits per heavy atom. The minimum Gasteiger partial charge on any atom is -0.352 e. The second kappa shape index (κ2) is 15.6. The molecule has 9 heteroatoms. The monoisotopic (exact) mass is 669 g/mol. The van der Waals surface area contributed by atoms with Gasteiger partial charge in [0, 0.05) is 24.6 Å². The molecule has 1 N–H and O–H groups in total. The van der Waals surface area contributed by atoms with Crippen LogP contribution in [-0.4, -0.2) is 43.8 Å². The molecule has 1 aliphatic rings. The fourth-order valence-electron chi connectivity index (χ4n) is 6.12. The largest absolute Gasteiger partial charge is 0.352 e. The predicted octanol–water partition coefficient (Wildman–Crippen LogP) is 7.15. The van der Waals surface area contributed by atoms with Crippen molar-refractivity contribution in [3.05, 3.63) is 131 Å². The van der Waals surface area contributed by atoms with E-state index in [-0.39, 0.29) is 41.3 Å². The van der Waals surface area contributed by atoms with Crippen LogP contribution in [0, 0.1) is 12.7 Å². The summed E-state index contributed by atoms with van der Waals surface area (Å²) in [4.78, 5) is 30.1. The van der Waals surface area contributed by atoms with E-state index in [0.717, 1.165) is 46.7 Å². The van der Waals surface area contributed by atoms with Crippen molar-refractivity contribution in [2.75, 3.05) is 10.8 Å². The van der Waals surface area contributed by atoms with Crippen molar-refractivity contribution in [3.8, 4) is 0 Å². The highest BCUT2D eigenvalue weighted by molar-refractivity contribution is 7.92. The van der Waals surface area contributed by atoms with Gasteiger partial charge in [0.2, 0.25) is 11.8 Å². The van der Waals surface area contributed by atoms with Gasteiger partial charge in [-0.3, -0.25) is 13.9 Å². The molecule has 0 bridgehead atoms. The molecule has 4 aromatic rings. The number of anilines is 1. The number of halogens is 1. The fourth-order valence-corrected chi connectivity index (χ4v) is 7.54. The first-order valence-corrected chi connectivity index (χ1v) is 18.0. The van der Waals surface area contributed by atoms with Gasteiger partial charge in [-0.25, -0.2) is 12.8 Å². The number of benzene rings is 4. The van der Waals surface area contributed by atoms with E-state index in [0.29, 0.717) is 5.69 Å². The van der Waals surface area contributed by atoms with Crippen LogP contribution in [0.1, 0.15) is 67.7 Å². The second-order valence-corrected chi connectivity index (χ2v) is 14.7. The molecule has 0 heterocycles. The summed E-state index contributed by atoms with van der Waals surface area (Å²) in [5.41, 5.74) is 3.28. The Labute approximate surface area is 283 Å². The Hall–Kier alpha value is -4.50. The summed E-state index contributed by atoms with van der Waals surface area (Å²) in [6, 6.07) is 28.0. The highest BCUT2D eigenvalue weighted by Gasteiger charge is 2.36. The molecule has 0 radical (unpaired) electrons. The number of nitrogens with one attached hydrogen (secondary N) is 1. The van der Waals surface area contributed by atoms with E-state index in [1.54, 1.807) is 42.5 Å². The van der Waals surface area contributed by atoms with Crippen molar-refractivity contribution in [1.82, 2.24) is 10.2 Å². The Morgan fingerprint density at radius 1 is 0.854 bits per heavy atom. The molecule has 252 valence electrons. The van der Waals surface area contributed by atoms with Gasteiger partial charge < -0.3 is 10.2 Å². The maximum Gasteiger partial charge on any atom is 0.264 e. The molecule has 5 rings (SSSR count). The highest BCUT2D eigenvalue weighted by Crippen LogP contribution is 2.28. The van der Waals surface area contributed by atoms with Crippen LogP contribution in [0.3, 0.4) is 0 Å². The third-order valence-corrected chi connectivity index (χ3v) is 10.8. The van der Waals surface area contributed by atoms with Crippen LogP contribution >= 0.6 is 0 Å². The predicted molar refractivity (Wildman–Crippen MR) is 188 cm³/mol. The van der Waals surface area contributed by atoms with Gasteiger partial charge in [0.15, 0.2) is 0 Å². The molecular formula is C39H44FN3O4S. The molecule has 7 nitrogen and oxygen atoms in total. The topological polar surface area (TPSA) is 86.8 Å². The number of aryl methyl sites for hydroxylation is 1. The molecule has 0 unspecified atom stereocenters. The van der Waals surface area contributed by atoms with Crippen LogP contribution in [0.25, 0.3) is 0 Å². The minimum absolute atomic E-state index is 0.0147. The van der Waals surface area contributed by atoms with Crippen LogP contribution in [0.5, 0.6) is 0 Å². The van der Waals surface area contributed by atoms with Crippen LogP contribution < -0.4 is 9.62 Å². The normalized spacial score (nSPS) is 14.1. The van der Waals surface area contributed by atoms with Crippen molar-refractivity contribution in [2.45, 2.75) is 82.3 Å². The summed E-state index contributed by atoms with van der Waals surface area (Å²) >= 11 is 0. The Kier molecular flexibility index (Phi) is 11.3. The van der Waals surface area contributed by atoms with E-state index >= 15 is 4.39 Å². The molecule has 48 heavy (non-hydrogen) atoms. The van der Waals surface area contributed by atoms with Gasteiger partial charge in [-0.05, 0) is 67.1 Å². The molecule has 0 aliphatic heterocycles. The van der Waals surface area contributed by atoms with Crippen molar-refractivity contribution >= 4 is 27.5 Å². The van der Waals surface area contributed by atoms with E-state index in [1.807, 2.05) is 63.2 Å². The molecule has 4 aromatic carbocycles. The molecule has 1 atom stereocenters. The number of amides is 2. The Balaban J connectivity index is 1.58. The lowest BCUT2D eigenvalue weighted by molar-refractivity contribution is -0.140. The van der Waals surface area contributed by atoms with Gasteiger partial charge in [0.05, 0.1) is 10.6 Å². The molecule has 1 fully saturated rings. The summed E-state index contributed by atoms with van der Waals surface area (Å²) in [7, 11) is -4.23. The number of nitrogens with zero attached hydrogens (tertiary/aromatic N) is 2. The molecule has 0 saturated heterocycles. The lowest BCUT2D eigenvalue weighted by atomic mass is 10.0. The second-order valence-electron chi connectivity index (χ2n) is 12.9. The maximum absolute atomic E-state index is 15.2. The van der Waals surface area contributed by atoms with E-state index in [1.165, 1.54) is 23.1 Å². The van der Waals surface area contributed by atoms with Gasteiger partial charge in [0.25, 0.3) is 10.0 Å². The quantitative estimate of drug-likeness (QED) is 0.164. The summed E-state index contributed by atoms with van der Waals surface area (Å²) in [5.74, 6) is -1.26. The SMILES string of the molecule is Cc1ccc(S(=O)(=O)N(CC(=O)N(Cc2ccccc2F)[C@@H](Cc2ccccc2)C(=O)NC2CCCC2)c2ccc(C(C)C)cc2)cc1. The first-order chi connectivity index (χ1) is 23.0. The Bertz CT molecular complexity index is 1790.